The van der Waals surface area contributed by atoms with Gasteiger partial charge >= 0.3 is 10.1 Å². The number of nitrogens with one attached hydrogen (secondary N) is 1. The zero-order chi connectivity index (χ0) is 24.1. The SMILES string of the molecule is O=C(Nc1ccn(Cc2cccnc2)n1)c1ccc(OS(=O)(=O)c2cccc([N+](=O)[O-])c2)cc1. The van der Waals surface area contributed by atoms with Crippen LogP contribution in [0.25, 0.3) is 0 Å². The minimum Gasteiger partial charge on any atom is -0.379 e. The zero-order valence-corrected chi connectivity index (χ0v) is 18.3. The molecule has 2 heterocycles. The summed E-state index contributed by atoms with van der Waals surface area (Å²) in [4.78, 5) is 26.4. The van der Waals surface area contributed by atoms with Crippen LogP contribution in [0.3, 0.4) is 0 Å². The number of hydrogen-bond acceptors (Lipinski definition) is 8. The average Bonchev–Trinajstić information content (AvgIpc) is 3.26. The van der Waals surface area contributed by atoms with Crippen LogP contribution >= 0.6 is 0 Å². The van der Waals surface area contributed by atoms with Gasteiger partial charge in [-0.25, -0.2) is 0 Å². The summed E-state index contributed by atoms with van der Waals surface area (Å²) in [6.45, 7) is 0.495. The minimum absolute atomic E-state index is 0.0520. The summed E-state index contributed by atoms with van der Waals surface area (Å²) in [6, 6.07) is 15.3. The Hall–Kier alpha value is -4.58. The zero-order valence-electron chi connectivity index (χ0n) is 17.4. The molecule has 4 rings (SSSR count). The van der Waals surface area contributed by atoms with E-state index in [0.717, 1.165) is 11.6 Å². The van der Waals surface area contributed by atoms with Gasteiger partial charge in [-0.05, 0) is 42.0 Å². The van der Waals surface area contributed by atoms with Crippen LogP contribution in [0.1, 0.15) is 15.9 Å². The highest BCUT2D eigenvalue weighted by Crippen LogP contribution is 2.22. The quantitative estimate of drug-likeness (QED) is 0.230. The van der Waals surface area contributed by atoms with Gasteiger partial charge in [-0.2, -0.15) is 13.5 Å². The van der Waals surface area contributed by atoms with Gasteiger partial charge in [0.25, 0.3) is 11.6 Å². The predicted molar refractivity (Wildman–Crippen MR) is 121 cm³/mol. The number of non-ortho nitro benzene ring substituents is 1. The Kier molecular flexibility index (Phi) is 6.32. The second-order valence-corrected chi connectivity index (χ2v) is 8.58. The second-order valence-electron chi connectivity index (χ2n) is 7.03. The molecular formula is C22H17N5O6S. The van der Waals surface area contributed by atoms with Crippen molar-refractivity contribution in [2.24, 2.45) is 0 Å². The summed E-state index contributed by atoms with van der Waals surface area (Å²) in [7, 11) is -4.30. The molecule has 2 aromatic heterocycles. The molecule has 0 fully saturated rings. The summed E-state index contributed by atoms with van der Waals surface area (Å²) in [6.07, 6.45) is 5.12. The molecule has 0 aliphatic carbocycles. The van der Waals surface area contributed by atoms with Gasteiger partial charge in [-0.3, -0.25) is 24.6 Å². The van der Waals surface area contributed by atoms with Gasteiger partial charge in [-0.15, -0.1) is 0 Å². The maximum Gasteiger partial charge on any atom is 0.339 e. The Bertz CT molecular complexity index is 1440. The van der Waals surface area contributed by atoms with Gasteiger partial charge in [0.05, 0.1) is 11.5 Å². The van der Waals surface area contributed by atoms with Gasteiger partial charge in [0.15, 0.2) is 5.82 Å². The first kappa shape index (κ1) is 22.6. The average molecular weight is 479 g/mol. The Labute approximate surface area is 193 Å². The summed E-state index contributed by atoms with van der Waals surface area (Å²) >= 11 is 0. The molecule has 172 valence electrons. The number of amides is 1. The van der Waals surface area contributed by atoms with Gasteiger partial charge in [-0.1, -0.05) is 12.1 Å². The molecule has 1 amide bonds. The van der Waals surface area contributed by atoms with Crippen molar-refractivity contribution >= 4 is 27.5 Å². The lowest BCUT2D eigenvalue weighted by atomic mass is 10.2. The van der Waals surface area contributed by atoms with Crippen LogP contribution in [0.4, 0.5) is 11.5 Å². The van der Waals surface area contributed by atoms with Crippen LogP contribution in [0.2, 0.25) is 0 Å². The molecule has 34 heavy (non-hydrogen) atoms. The number of anilines is 1. The summed E-state index contributed by atoms with van der Waals surface area (Å²) < 4.78 is 31.5. The van der Waals surface area contributed by atoms with E-state index in [-0.39, 0.29) is 21.9 Å². The second kappa shape index (κ2) is 9.50. The number of benzene rings is 2. The Morgan fingerprint density at radius 3 is 2.59 bits per heavy atom. The van der Waals surface area contributed by atoms with Crippen molar-refractivity contribution in [3.63, 3.8) is 0 Å². The molecule has 0 radical (unpaired) electrons. The Morgan fingerprint density at radius 1 is 1.09 bits per heavy atom. The molecule has 0 spiro atoms. The summed E-state index contributed by atoms with van der Waals surface area (Å²) in [5.74, 6) is -0.147. The monoisotopic (exact) mass is 479 g/mol. The maximum atomic E-state index is 12.5. The van der Waals surface area contributed by atoms with Crippen molar-refractivity contribution in [2.75, 3.05) is 5.32 Å². The molecular weight excluding hydrogens is 462 g/mol. The number of nitrogens with zero attached hydrogens (tertiary/aromatic N) is 4. The fraction of sp³-hybridized carbons (Fsp3) is 0.0455. The molecule has 0 saturated heterocycles. The molecule has 0 aliphatic heterocycles. The highest BCUT2D eigenvalue weighted by Gasteiger charge is 2.20. The highest BCUT2D eigenvalue weighted by molar-refractivity contribution is 7.87. The molecule has 4 aromatic rings. The van der Waals surface area contributed by atoms with E-state index in [1.54, 1.807) is 29.3 Å². The molecule has 0 saturated carbocycles. The summed E-state index contributed by atoms with van der Waals surface area (Å²) in [5, 5.41) is 17.8. The molecule has 2 aromatic carbocycles. The van der Waals surface area contributed by atoms with E-state index in [4.69, 9.17) is 4.18 Å². The van der Waals surface area contributed by atoms with Crippen LogP contribution in [-0.2, 0) is 16.7 Å². The molecule has 0 aliphatic rings. The van der Waals surface area contributed by atoms with Crippen molar-refractivity contribution in [2.45, 2.75) is 11.4 Å². The smallest absolute Gasteiger partial charge is 0.339 e. The molecule has 11 nitrogen and oxygen atoms in total. The number of carbonyl (C=O) groups excluding carboxylic acids is 1. The number of nitro groups is 1. The highest BCUT2D eigenvalue weighted by atomic mass is 32.2. The molecule has 12 heteroatoms. The number of aromatic nitrogens is 3. The minimum atomic E-state index is -4.30. The van der Waals surface area contributed by atoms with E-state index in [0.29, 0.717) is 12.4 Å². The fourth-order valence-electron chi connectivity index (χ4n) is 2.97. The third-order valence-electron chi connectivity index (χ3n) is 4.59. The molecule has 0 atom stereocenters. The van der Waals surface area contributed by atoms with Crippen molar-refractivity contribution in [3.05, 3.63) is 107 Å². The number of rotatable bonds is 8. The summed E-state index contributed by atoms with van der Waals surface area (Å²) in [5.41, 5.74) is 0.834. The van der Waals surface area contributed by atoms with Crippen molar-refractivity contribution in [3.8, 4) is 5.75 Å². The van der Waals surface area contributed by atoms with E-state index in [9.17, 15) is 23.3 Å². The van der Waals surface area contributed by atoms with Crippen molar-refractivity contribution < 1.29 is 22.3 Å². The van der Waals surface area contributed by atoms with Crippen LogP contribution in [-0.4, -0.2) is 34.0 Å². The van der Waals surface area contributed by atoms with Crippen LogP contribution in [0, 0.1) is 10.1 Å². The van der Waals surface area contributed by atoms with E-state index in [2.05, 4.69) is 15.4 Å². The fourth-order valence-corrected chi connectivity index (χ4v) is 3.94. The van der Waals surface area contributed by atoms with Crippen molar-refractivity contribution in [1.29, 1.82) is 0 Å². The molecule has 0 bridgehead atoms. The van der Waals surface area contributed by atoms with E-state index in [1.165, 1.54) is 42.5 Å². The van der Waals surface area contributed by atoms with E-state index >= 15 is 0 Å². The number of carbonyl (C=O) groups is 1. The normalized spacial score (nSPS) is 11.1. The number of hydrogen-bond donors (Lipinski definition) is 1. The lowest BCUT2D eigenvalue weighted by molar-refractivity contribution is -0.385. The van der Waals surface area contributed by atoms with E-state index < -0.39 is 20.9 Å². The lowest BCUT2D eigenvalue weighted by Crippen LogP contribution is -2.13. The number of nitro benzene ring substituents is 1. The van der Waals surface area contributed by atoms with Gasteiger partial charge in [0.1, 0.15) is 10.6 Å². The van der Waals surface area contributed by atoms with E-state index in [1.807, 2.05) is 12.1 Å². The van der Waals surface area contributed by atoms with Gasteiger partial charge in [0.2, 0.25) is 0 Å². The third kappa shape index (κ3) is 5.42. The topological polar surface area (TPSA) is 146 Å². The molecule has 0 unspecified atom stereocenters. The first-order valence-corrected chi connectivity index (χ1v) is 11.2. The largest absolute Gasteiger partial charge is 0.379 e. The van der Waals surface area contributed by atoms with Crippen LogP contribution < -0.4 is 9.50 Å². The standard InChI is InChI=1S/C22H17N5O6S/c28-22(24-21-10-12-26(25-21)15-16-3-2-11-23-14-16)17-6-8-19(9-7-17)33-34(31,32)20-5-1-4-18(13-20)27(29)30/h1-14H,15H2,(H,24,25,28). The van der Waals surface area contributed by atoms with Crippen LogP contribution in [0.5, 0.6) is 5.75 Å². The van der Waals surface area contributed by atoms with Crippen molar-refractivity contribution in [1.82, 2.24) is 14.8 Å². The van der Waals surface area contributed by atoms with Crippen LogP contribution in [0.15, 0.2) is 90.2 Å². The predicted octanol–water partition coefficient (Wildman–Crippen LogP) is 3.25. The Morgan fingerprint density at radius 2 is 1.88 bits per heavy atom. The van der Waals surface area contributed by atoms with Gasteiger partial charge in [0, 0.05) is 42.4 Å². The third-order valence-corrected chi connectivity index (χ3v) is 5.83. The molecule has 1 N–H and O–H groups in total. The van der Waals surface area contributed by atoms with Gasteiger partial charge < -0.3 is 9.50 Å². The first-order chi connectivity index (χ1) is 16.3. The lowest BCUT2D eigenvalue weighted by Gasteiger charge is -2.08. The number of pyridine rings is 1. The first-order valence-electron chi connectivity index (χ1n) is 9.83. The maximum absolute atomic E-state index is 12.5. The Balaban J connectivity index is 1.40.